The summed E-state index contributed by atoms with van der Waals surface area (Å²) in [5.74, 6) is -1.89. The Kier molecular flexibility index (Phi) is 3.41. The maximum Gasteiger partial charge on any atom is 0.162 e. The van der Waals surface area contributed by atoms with E-state index in [0.717, 1.165) is 0 Å². The van der Waals surface area contributed by atoms with Crippen molar-refractivity contribution in [2.24, 2.45) is 0 Å². The van der Waals surface area contributed by atoms with Crippen molar-refractivity contribution < 1.29 is 18.4 Å². The molecule has 1 aliphatic carbocycles. The van der Waals surface area contributed by atoms with Crippen LogP contribution in [-0.4, -0.2) is 17.6 Å². The van der Waals surface area contributed by atoms with E-state index in [1.807, 2.05) is 0 Å². The number of hydrogen-bond acceptors (Lipinski definition) is 3. The summed E-state index contributed by atoms with van der Waals surface area (Å²) in [5.41, 5.74) is 0.175. The minimum atomic E-state index is -0.725. The fourth-order valence-corrected chi connectivity index (χ4v) is 2.04. The Morgan fingerprint density at radius 1 is 1.22 bits per heavy atom. The molecule has 0 radical (unpaired) electrons. The summed E-state index contributed by atoms with van der Waals surface area (Å²) in [6, 6.07) is 1.71. The highest BCUT2D eigenvalue weighted by molar-refractivity contribution is 6.04. The van der Waals surface area contributed by atoms with Gasteiger partial charge in [-0.25, -0.2) is 8.78 Å². The standard InChI is InChI=1S/C13H13F2NO2/c1-7-4-9(14)13(10(15)5-7)16-11-3-2-8(17)6-12(11)18/h4-5,11,16H,2-3,6H2,1H3. The third-order valence-electron chi connectivity index (χ3n) is 2.98. The molecule has 0 bridgehead atoms. The Balaban J connectivity index is 2.19. The zero-order valence-corrected chi connectivity index (χ0v) is 9.93. The monoisotopic (exact) mass is 253 g/mol. The summed E-state index contributed by atoms with van der Waals surface area (Å²) in [7, 11) is 0. The van der Waals surface area contributed by atoms with Crippen molar-refractivity contribution in [2.45, 2.75) is 32.2 Å². The molecule has 1 unspecified atom stereocenters. The number of halogens is 2. The van der Waals surface area contributed by atoms with Crippen molar-refractivity contribution in [3.63, 3.8) is 0 Å². The Morgan fingerprint density at radius 3 is 2.39 bits per heavy atom. The Labute approximate surface area is 103 Å². The minimum Gasteiger partial charge on any atom is -0.370 e. The van der Waals surface area contributed by atoms with E-state index < -0.39 is 17.7 Å². The summed E-state index contributed by atoms with van der Waals surface area (Å²) in [4.78, 5) is 22.6. The number of hydrogen-bond donors (Lipinski definition) is 1. The van der Waals surface area contributed by atoms with E-state index in [4.69, 9.17) is 0 Å². The van der Waals surface area contributed by atoms with Crippen LogP contribution >= 0.6 is 0 Å². The second kappa shape index (κ2) is 4.84. The largest absolute Gasteiger partial charge is 0.370 e. The zero-order chi connectivity index (χ0) is 13.3. The van der Waals surface area contributed by atoms with Crippen molar-refractivity contribution in [3.8, 4) is 0 Å². The first-order valence-corrected chi connectivity index (χ1v) is 5.74. The molecule has 1 aromatic carbocycles. The molecule has 1 fully saturated rings. The van der Waals surface area contributed by atoms with Gasteiger partial charge in [0.2, 0.25) is 0 Å². The van der Waals surface area contributed by atoms with Gasteiger partial charge in [0.15, 0.2) is 5.78 Å². The van der Waals surface area contributed by atoms with Crippen LogP contribution in [-0.2, 0) is 9.59 Å². The summed E-state index contributed by atoms with van der Waals surface area (Å²) < 4.78 is 27.2. The number of Topliss-reactive ketones (excluding diaryl/α,β-unsaturated/α-hetero) is 2. The molecule has 2 rings (SSSR count). The maximum absolute atomic E-state index is 13.6. The van der Waals surface area contributed by atoms with Crippen molar-refractivity contribution in [3.05, 3.63) is 29.3 Å². The lowest BCUT2D eigenvalue weighted by Gasteiger charge is -2.22. The first-order valence-electron chi connectivity index (χ1n) is 5.74. The molecule has 1 aromatic rings. The molecule has 3 nitrogen and oxygen atoms in total. The van der Waals surface area contributed by atoms with E-state index in [9.17, 15) is 18.4 Å². The molecule has 0 saturated heterocycles. The van der Waals surface area contributed by atoms with Crippen LogP contribution in [0.25, 0.3) is 0 Å². The molecule has 0 aromatic heterocycles. The summed E-state index contributed by atoms with van der Waals surface area (Å²) in [5, 5.41) is 2.56. The molecule has 0 amide bonds. The van der Waals surface area contributed by atoms with Gasteiger partial charge in [-0.3, -0.25) is 9.59 Å². The predicted molar refractivity (Wildman–Crippen MR) is 62.4 cm³/mol. The van der Waals surface area contributed by atoms with Crippen molar-refractivity contribution >= 4 is 17.3 Å². The van der Waals surface area contributed by atoms with E-state index in [1.165, 1.54) is 12.1 Å². The number of carbonyl (C=O) groups excluding carboxylic acids is 2. The van der Waals surface area contributed by atoms with E-state index in [2.05, 4.69) is 5.32 Å². The average Bonchev–Trinajstić information content (AvgIpc) is 2.25. The van der Waals surface area contributed by atoms with Gasteiger partial charge < -0.3 is 5.32 Å². The fourth-order valence-electron chi connectivity index (χ4n) is 2.04. The second-order valence-electron chi connectivity index (χ2n) is 4.52. The number of ketones is 2. The fraction of sp³-hybridized carbons (Fsp3) is 0.385. The second-order valence-corrected chi connectivity index (χ2v) is 4.52. The van der Waals surface area contributed by atoms with E-state index in [0.29, 0.717) is 5.56 Å². The minimum absolute atomic E-state index is 0.122. The van der Waals surface area contributed by atoms with Gasteiger partial charge in [0.05, 0.1) is 12.5 Å². The summed E-state index contributed by atoms with van der Waals surface area (Å²) >= 11 is 0. The smallest absolute Gasteiger partial charge is 0.162 e. The predicted octanol–water partition coefficient (Wildman–Crippen LogP) is 2.38. The number of carbonyl (C=O) groups is 2. The van der Waals surface area contributed by atoms with Gasteiger partial charge in [0.1, 0.15) is 23.1 Å². The van der Waals surface area contributed by atoms with Crippen LogP contribution in [0.1, 0.15) is 24.8 Å². The molecule has 1 aliphatic rings. The van der Waals surface area contributed by atoms with Crippen molar-refractivity contribution in [1.29, 1.82) is 0 Å². The van der Waals surface area contributed by atoms with Crippen LogP contribution in [0.2, 0.25) is 0 Å². The van der Waals surface area contributed by atoms with Gasteiger partial charge in [-0.15, -0.1) is 0 Å². The van der Waals surface area contributed by atoms with Crippen LogP contribution in [0.4, 0.5) is 14.5 Å². The van der Waals surface area contributed by atoms with Gasteiger partial charge in [0.25, 0.3) is 0 Å². The van der Waals surface area contributed by atoms with Crippen molar-refractivity contribution in [1.82, 2.24) is 0 Å². The van der Waals surface area contributed by atoms with Gasteiger partial charge in [-0.05, 0) is 31.0 Å². The summed E-state index contributed by atoms with van der Waals surface area (Å²) in [6.07, 6.45) is 0.385. The molecular weight excluding hydrogens is 240 g/mol. The molecule has 96 valence electrons. The Bertz CT molecular complexity index is 491. The number of benzene rings is 1. The zero-order valence-electron chi connectivity index (χ0n) is 9.93. The number of nitrogens with one attached hydrogen (secondary N) is 1. The molecule has 18 heavy (non-hydrogen) atoms. The third kappa shape index (κ3) is 2.55. The van der Waals surface area contributed by atoms with Crippen molar-refractivity contribution in [2.75, 3.05) is 5.32 Å². The van der Waals surface area contributed by atoms with Gasteiger partial charge in [0, 0.05) is 6.42 Å². The van der Waals surface area contributed by atoms with Gasteiger partial charge in [-0.1, -0.05) is 0 Å². The quantitative estimate of drug-likeness (QED) is 0.823. The molecule has 1 saturated carbocycles. The highest BCUT2D eigenvalue weighted by Crippen LogP contribution is 2.24. The topological polar surface area (TPSA) is 46.2 Å². The first kappa shape index (κ1) is 12.7. The molecule has 1 N–H and O–H groups in total. The average molecular weight is 253 g/mol. The van der Waals surface area contributed by atoms with Crippen LogP contribution in [0.3, 0.4) is 0 Å². The third-order valence-corrected chi connectivity index (χ3v) is 2.98. The maximum atomic E-state index is 13.6. The lowest BCUT2D eigenvalue weighted by molar-refractivity contribution is -0.130. The lowest BCUT2D eigenvalue weighted by atomic mass is 9.93. The molecular formula is C13H13F2NO2. The normalized spacial score (nSPS) is 20.1. The molecule has 0 aliphatic heterocycles. The van der Waals surface area contributed by atoms with Crippen LogP contribution in [0, 0.1) is 18.6 Å². The van der Waals surface area contributed by atoms with Crippen LogP contribution in [0.15, 0.2) is 12.1 Å². The molecule has 0 spiro atoms. The summed E-state index contributed by atoms with van der Waals surface area (Å²) in [6.45, 7) is 1.58. The Morgan fingerprint density at radius 2 is 1.83 bits per heavy atom. The van der Waals surface area contributed by atoms with Gasteiger partial charge >= 0.3 is 0 Å². The first-order chi connectivity index (χ1) is 8.47. The molecule has 5 heteroatoms. The lowest BCUT2D eigenvalue weighted by Crippen LogP contribution is -2.36. The highest BCUT2D eigenvalue weighted by atomic mass is 19.1. The van der Waals surface area contributed by atoms with Gasteiger partial charge in [-0.2, -0.15) is 0 Å². The highest BCUT2D eigenvalue weighted by Gasteiger charge is 2.28. The Hall–Kier alpha value is -1.78. The van der Waals surface area contributed by atoms with Crippen LogP contribution < -0.4 is 5.32 Å². The van der Waals surface area contributed by atoms with E-state index >= 15 is 0 Å². The van der Waals surface area contributed by atoms with E-state index in [-0.39, 0.29) is 36.5 Å². The number of rotatable bonds is 2. The molecule has 1 atom stereocenters. The number of aryl methyl sites for hydroxylation is 1. The van der Waals surface area contributed by atoms with E-state index in [1.54, 1.807) is 6.92 Å². The van der Waals surface area contributed by atoms with Crippen LogP contribution in [0.5, 0.6) is 0 Å². The SMILES string of the molecule is Cc1cc(F)c(NC2CCC(=O)CC2=O)c(F)c1. The number of anilines is 1. The molecule has 0 heterocycles.